The molecule has 3 amide bonds. The van der Waals surface area contributed by atoms with Crippen LogP contribution in [0.3, 0.4) is 0 Å². The SMILES string of the molecule is NC(=O)c1ccccc1NC(=O)C1CN(C(=O)c2ccc(F)c(F)c2)C1. The summed E-state index contributed by atoms with van der Waals surface area (Å²) in [7, 11) is 0. The zero-order valence-electron chi connectivity index (χ0n) is 13.5. The number of nitrogens with two attached hydrogens (primary N) is 1. The van der Waals surface area contributed by atoms with Crippen molar-refractivity contribution in [1.29, 1.82) is 0 Å². The molecule has 1 aliphatic heterocycles. The molecule has 1 saturated heterocycles. The summed E-state index contributed by atoms with van der Waals surface area (Å²) in [4.78, 5) is 37.2. The fourth-order valence-electron chi connectivity index (χ4n) is 2.66. The molecule has 26 heavy (non-hydrogen) atoms. The van der Waals surface area contributed by atoms with E-state index in [0.717, 1.165) is 12.1 Å². The minimum atomic E-state index is -1.10. The molecule has 134 valence electrons. The highest BCUT2D eigenvalue weighted by Crippen LogP contribution is 2.22. The summed E-state index contributed by atoms with van der Waals surface area (Å²) in [6, 6.07) is 9.24. The molecule has 8 heteroatoms. The molecule has 0 saturated carbocycles. The monoisotopic (exact) mass is 359 g/mol. The van der Waals surface area contributed by atoms with Crippen molar-refractivity contribution >= 4 is 23.4 Å². The number of carbonyl (C=O) groups is 3. The van der Waals surface area contributed by atoms with E-state index >= 15 is 0 Å². The van der Waals surface area contributed by atoms with Gasteiger partial charge in [0.05, 0.1) is 17.2 Å². The predicted octanol–water partition coefficient (Wildman–Crippen LogP) is 1.77. The zero-order chi connectivity index (χ0) is 18.8. The summed E-state index contributed by atoms with van der Waals surface area (Å²) in [5.41, 5.74) is 5.77. The molecular weight excluding hydrogens is 344 g/mol. The first-order valence-electron chi connectivity index (χ1n) is 7.81. The summed E-state index contributed by atoms with van der Waals surface area (Å²) >= 11 is 0. The average molecular weight is 359 g/mol. The number of likely N-dealkylation sites (tertiary alicyclic amines) is 1. The molecule has 2 aromatic carbocycles. The minimum Gasteiger partial charge on any atom is -0.366 e. The topological polar surface area (TPSA) is 92.5 Å². The Morgan fingerprint density at radius 3 is 2.38 bits per heavy atom. The maximum atomic E-state index is 13.2. The number of nitrogens with zero attached hydrogens (tertiary/aromatic N) is 1. The lowest BCUT2D eigenvalue weighted by Crippen LogP contribution is -2.54. The van der Waals surface area contributed by atoms with Gasteiger partial charge in [-0.2, -0.15) is 0 Å². The van der Waals surface area contributed by atoms with Crippen LogP contribution in [-0.2, 0) is 4.79 Å². The van der Waals surface area contributed by atoms with Gasteiger partial charge in [-0.15, -0.1) is 0 Å². The van der Waals surface area contributed by atoms with Gasteiger partial charge in [0, 0.05) is 18.7 Å². The molecule has 0 aromatic heterocycles. The predicted molar refractivity (Wildman–Crippen MR) is 89.3 cm³/mol. The van der Waals surface area contributed by atoms with Crippen molar-refractivity contribution in [2.24, 2.45) is 11.7 Å². The Bertz CT molecular complexity index is 895. The third kappa shape index (κ3) is 3.39. The largest absolute Gasteiger partial charge is 0.366 e. The van der Waals surface area contributed by atoms with Crippen LogP contribution in [0.1, 0.15) is 20.7 Å². The Labute approximate surface area is 147 Å². The van der Waals surface area contributed by atoms with Crippen LogP contribution in [0, 0.1) is 17.6 Å². The third-order valence-electron chi connectivity index (χ3n) is 4.16. The summed E-state index contributed by atoms with van der Waals surface area (Å²) in [6.07, 6.45) is 0. The first-order valence-corrected chi connectivity index (χ1v) is 7.81. The number of anilines is 1. The lowest BCUT2D eigenvalue weighted by atomic mass is 9.97. The Kier molecular flexibility index (Phi) is 4.66. The number of halogens is 2. The van der Waals surface area contributed by atoms with Crippen molar-refractivity contribution in [1.82, 2.24) is 4.90 Å². The molecule has 0 unspecified atom stereocenters. The third-order valence-corrected chi connectivity index (χ3v) is 4.16. The van der Waals surface area contributed by atoms with E-state index in [9.17, 15) is 23.2 Å². The van der Waals surface area contributed by atoms with Gasteiger partial charge < -0.3 is 16.0 Å². The lowest BCUT2D eigenvalue weighted by Gasteiger charge is -2.38. The number of carbonyl (C=O) groups excluding carboxylic acids is 3. The normalized spacial score (nSPS) is 13.8. The van der Waals surface area contributed by atoms with Crippen molar-refractivity contribution in [3.05, 3.63) is 65.2 Å². The second kappa shape index (κ2) is 6.91. The van der Waals surface area contributed by atoms with Gasteiger partial charge in [-0.1, -0.05) is 12.1 Å². The van der Waals surface area contributed by atoms with E-state index in [1.807, 2.05) is 0 Å². The van der Waals surface area contributed by atoms with Crippen LogP contribution in [0.15, 0.2) is 42.5 Å². The number of hydrogen-bond acceptors (Lipinski definition) is 3. The second-order valence-electron chi connectivity index (χ2n) is 5.94. The van der Waals surface area contributed by atoms with Gasteiger partial charge in [0.1, 0.15) is 0 Å². The van der Waals surface area contributed by atoms with Crippen LogP contribution < -0.4 is 11.1 Å². The van der Waals surface area contributed by atoms with Crippen molar-refractivity contribution < 1.29 is 23.2 Å². The number of primary amides is 1. The van der Waals surface area contributed by atoms with Crippen molar-refractivity contribution in [2.75, 3.05) is 18.4 Å². The molecule has 0 aliphatic carbocycles. The molecule has 0 spiro atoms. The molecule has 6 nitrogen and oxygen atoms in total. The Morgan fingerprint density at radius 2 is 1.73 bits per heavy atom. The molecule has 3 rings (SSSR count). The molecule has 0 atom stereocenters. The van der Waals surface area contributed by atoms with E-state index < -0.39 is 29.4 Å². The number of hydrogen-bond donors (Lipinski definition) is 2. The van der Waals surface area contributed by atoms with Gasteiger partial charge in [0.2, 0.25) is 5.91 Å². The van der Waals surface area contributed by atoms with E-state index in [4.69, 9.17) is 5.73 Å². The number of amides is 3. The van der Waals surface area contributed by atoms with Crippen LogP contribution >= 0.6 is 0 Å². The van der Waals surface area contributed by atoms with Crippen LogP contribution in [0.4, 0.5) is 14.5 Å². The highest BCUT2D eigenvalue weighted by Gasteiger charge is 2.36. The van der Waals surface area contributed by atoms with Crippen LogP contribution in [0.5, 0.6) is 0 Å². The molecule has 1 fully saturated rings. The summed E-state index contributed by atoms with van der Waals surface area (Å²) in [5.74, 6) is -4.10. The van der Waals surface area contributed by atoms with Crippen LogP contribution in [0.25, 0.3) is 0 Å². The van der Waals surface area contributed by atoms with Crippen LogP contribution in [0.2, 0.25) is 0 Å². The molecule has 0 radical (unpaired) electrons. The molecular formula is C18H15F2N3O3. The van der Waals surface area contributed by atoms with E-state index in [2.05, 4.69) is 5.32 Å². The van der Waals surface area contributed by atoms with E-state index in [0.29, 0.717) is 5.69 Å². The van der Waals surface area contributed by atoms with E-state index in [-0.39, 0.29) is 30.1 Å². The average Bonchev–Trinajstić information content (AvgIpc) is 2.56. The van der Waals surface area contributed by atoms with E-state index in [1.54, 1.807) is 18.2 Å². The lowest BCUT2D eigenvalue weighted by molar-refractivity contribution is -0.123. The quantitative estimate of drug-likeness (QED) is 0.871. The fraction of sp³-hybridized carbons (Fsp3) is 0.167. The van der Waals surface area contributed by atoms with Gasteiger partial charge in [-0.05, 0) is 30.3 Å². The fourth-order valence-corrected chi connectivity index (χ4v) is 2.66. The van der Waals surface area contributed by atoms with Crippen molar-refractivity contribution in [3.8, 4) is 0 Å². The summed E-state index contributed by atoms with van der Waals surface area (Å²) in [5, 5.41) is 2.62. The first kappa shape index (κ1) is 17.5. The van der Waals surface area contributed by atoms with Crippen molar-refractivity contribution in [3.63, 3.8) is 0 Å². The van der Waals surface area contributed by atoms with Gasteiger partial charge >= 0.3 is 0 Å². The second-order valence-corrected chi connectivity index (χ2v) is 5.94. The summed E-state index contributed by atoms with van der Waals surface area (Å²) in [6.45, 7) is 0.283. The standard InChI is InChI=1S/C18H15F2N3O3/c19-13-6-5-10(7-14(13)20)18(26)23-8-11(9-23)17(25)22-15-4-2-1-3-12(15)16(21)24/h1-7,11H,8-9H2,(H2,21,24)(H,22,25). The van der Waals surface area contributed by atoms with Crippen LogP contribution in [-0.4, -0.2) is 35.7 Å². The Balaban J connectivity index is 1.61. The first-order chi connectivity index (χ1) is 12.4. The molecule has 3 N–H and O–H groups in total. The molecule has 0 bridgehead atoms. The number of benzene rings is 2. The summed E-state index contributed by atoms with van der Waals surface area (Å²) < 4.78 is 26.2. The van der Waals surface area contributed by atoms with Gasteiger partial charge in [-0.25, -0.2) is 8.78 Å². The Hall–Kier alpha value is -3.29. The smallest absolute Gasteiger partial charge is 0.254 e. The Morgan fingerprint density at radius 1 is 1.04 bits per heavy atom. The molecule has 1 heterocycles. The highest BCUT2D eigenvalue weighted by atomic mass is 19.2. The van der Waals surface area contributed by atoms with Gasteiger partial charge in [0.15, 0.2) is 11.6 Å². The van der Waals surface area contributed by atoms with E-state index in [1.165, 1.54) is 17.0 Å². The van der Waals surface area contributed by atoms with Crippen molar-refractivity contribution in [2.45, 2.75) is 0 Å². The molecule has 1 aliphatic rings. The number of rotatable bonds is 4. The maximum absolute atomic E-state index is 13.2. The van der Waals surface area contributed by atoms with Gasteiger partial charge in [0.25, 0.3) is 11.8 Å². The maximum Gasteiger partial charge on any atom is 0.254 e. The minimum absolute atomic E-state index is 0.0156. The number of para-hydroxylation sites is 1. The molecule has 2 aromatic rings. The number of nitrogens with one attached hydrogen (secondary N) is 1. The zero-order valence-corrected chi connectivity index (χ0v) is 13.5. The highest BCUT2D eigenvalue weighted by molar-refractivity contribution is 6.04. The van der Waals surface area contributed by atoms with Gasteiger partial charge in [-0.3, -0.25) is 14.4 Å².